The van der Waals surface area contributed by atoms with E-state index in [1.165, 1.54) is 0 Å². The second-order valence-corrected chi connectivity index (χ2v) is 5.85. The number of aliphatic carboxylic acids is 1. The first-order valence-electron chi connectivity index (χ1n) is 7.13. The first kappa shape index (κ1) is 15.8. The molecule has 0 spiro atoms. The van der Waals surface area contributed by atoms with Crippen molar-refractivity contribution in [2.45, 2.75) is 53.0 Å². The number of carbonyl (C=O) groups excluding carboxylic acids is 1. The fraction of sp³-hybridized carbons (Fsp3) is 0.857. The molecule has 19 heavy (non-hydrogen) atoms. The average Bonchev–Trinajstić information content (AvgIpc) is 2.75. The third-order valence-corrected chi connectivity index (χ3v) is 4.38. The molecule has 1 rings (SSSR count). The summed E-state index contributed by atoms with van der Waals surface area (Å²) >= 11 is 0. The number of carbonyl (C=O) groups is 2. The highest BCUT2D eigenvalue weighted by Crippen LogP contribution is 2.30. The Hall–Kier alpha value is -1.26. The van der Waals surface area contributed by atoms with Gasteiger partial charge in [-0.2, -0.15) is 0 Å². The number of carboxylic acids is 1. The molecule has 1 aliphatic heterocycles. The van der Waals surface area contributed by atoms with Crippen LogP contribution in [0.15, 0.2) is 0 Å². The minimum absolute atomic E-state index is 0.124. The van der Waals surface area contributed by atoms with E-state index in [1.54, 1.807) is 11.8 Å². The summed E-state index contributed by atoms with van der Waals surface area (Å²) in [5, 5.41) is 12.2. The van der Waals surface area contributed by atoms with Crippen LogP contribution in [0.5, 0.6) is 0 Å². The van der Waals surface area contributed by atoms with E-state index in [-0.39, 0.29) is 12.1 Å². The van der Waals surface area contributed by atoms with Crippen molar-refractivity contribution in [2.24, 2.45) is 11.3 Å². The van der Waals surface area contributed by atoms with Gasteiger partial charge in [-0.1, -0.05) is 26.7 Å². The van der Waals surface area contributed by atoms with E-state index in [0.29, 0.717) is 25.4 Å². The summed E-state index contributed by atoms with van der Waals surface area (Å²) in [6.45, 7) is 8.77. The predicted octanol–water partition coefficient (Wildman–Crippen LogP) is 2.32. The fourth-order valence-electron chi connectivity index (χ4n) is 2.71. The summed E-state index contributed by atoms with van der Waals surface area (Å²) in [5.41, 5.74) is -0.796. The molecular weight excluding hydrogens is 244 g/mol. The zero-order valence-electron chi connectivity index (χ0n) is 12.4. The Labute approximate surface area is 115 Å². The van der Waals surface area contributed by atoms with E-state index in [2.05, 4.69) is 19.2 Å². The maximum atomic E-state index is 12.1. The minimum atomic E-state index is -0.823. The molecule has 5 heteroatoms. The van der Waals surface area contributed by atoms with E-state index in [0.717, 1.165) is 12.8 Å². The van der Waals surface area contributed by atoms with Gasteiger partial charge in [0.25, 0.3) is 0 Å². The normalized spacial score (nSPS) is 24.6. The van der Waals surface area contributed by atoms with Gasteiger partial charge in [0.1, 0.15) is 0 Å². The molecule has 0 aliphatic carbocycles. The number of carboxylic acid groups (broad SMARTS) is 1. The van der Waals surface area contributed by atoms with Gasteiger partial charge in [-0.25, -0.2) is 4.79 Å². The molecule has 1 heterocycles. The third-order valence-electron chi connectivity index (χ3n) is 4.38. The molecule has 1 aliphatic rings. The van der Waals surface area contributed by atoms with Crippen molar-refractivity contribution in [1.29, 1.82) is 0 Å². The highest BCUT2D eigenvalue weighted by molar-refractivity contribution is 5.79. The molecule has 1 saturated heterocycles. The van der Waals surface area contributed by atoms with Gasteiger partial charge in [0, 0.05) is 19.1 Å². The fourth-order valence-corrected chi connectivity index (χ4v) is 2.71. The first-order chi connectivity index (χ1) is 8.84. The highest BCUT2D eigenvalue weighted by atomic mass is 16.4. The maximum absolute atomic E-state index is 12.1. The van der Waals surface area contributed by atoms with Crippen molar-refractivity contribution < 1.29 is 14.7 Å². The van der Waals surface area contributed by atoms with Crippen LogP contribution in [-0.2, 0) is 4.79 Å². The van der Waals surface area contributed by atoms with Crippen molar-refractivity contribution in [3.8, 4) is 0 Å². The van der Waals surface area contributed by atoms with Crippen LogP contribution in [0, 0.1) is 11.3 Å². The second kappa shape index (κ2) is 6.26. The quantitative estimate of drug-likeness (QED) is 0.805. The number of hydrogen-bond donors (Lipinski definition) is 2. The number of likely N-dealkylation sites (tertiary alicyclic amines) is 1. The van der Waals surface area contributed by atoms with E-state index in [1.807, 2.05) is 6.92 Å². The molecule has 2 N–H and O–H groups in total. The second-order valence-electron chi connectivity index (χ2n) is 5.85. The topological polar surface area (TPSA) is 69.6 Å². The number of nitrogens with one attached hydrogen (secondary N) is 1. The van der Waals surface area contributed by atoms with Crippen LogP contribution in [-0.4, -0.2) is 41.1 Å². The zero-order chi connectivity index (χ0) is 14.6. The Bertz CT molecular complexity index is 342. The Kier molecular flexibility index (Phi) is 5.20. The van der Waals surface area contributed by atoms with Gasteiger partial charge in [-0.15, -0.1) is 0 Å². The van der Waals surface area contributed by atoms with Gasteiger partial charge >= 0.3 is 12.0 Å². The summed E-state index contributed by atoms with van der Waals surface area (Å²) in [6.07, 6.45) is 2.59. The molecule has 0 aromatic heterocycles. The van der Waals surface area contributed by atoms with Crippen LogP contribution in [0.2, 0.25) is 0 Å². The summed E-state index contributed by atoms with van der Waals surface area (Å²) < 4.78 is 0. The minimum Gasteiger partial charge on any atom is -0.481 e. The number of urea groups is 1. The molecule has 0 aromatic carbocycles. The third kappa shape index (κ3) is 3.61. The number of nitrogens with zero attached hydrogens (tertiary/aromatic N) is 1. The lowest BCUT2D eigenvalue weighted by Gasteiger charge is -2.26. The van der Waals surface area contributed by atoms with Crippen LogP contribution >= 0.6 is 0 Å². The summed E-state index contributed by atoms with van der Waals surface area (Å²) in [4.78, 5) is 24.9. The maximum Gasteiger partial charge on any atom is 0.317 e. The standard InChI is InChI=1S/C14H26N2O3/c1-5-11(6-2)10(3)15-13(19)16-8-7-14(4,9-16)12(17)18/h10-11H,5-9H2,1-4H3,(H,15,19)(H,17,18). The van der Waals surface area contributed by atoms with Crippen LogP contribution in [0.3, 0.4) is 0 Å². The zero-order valence-corrected chi connectivity index (χ0v) is 12.4. The molecular formula is C14H26N2O3. The van der Waals surface area contributed by atoms with E-state index in [4.69, 9.17) is 5.11 Å². The van der Waals surface area contributed by atoms with Crippen LogP contribution < -0.4 is 5.32 Å². The Morgan fingerprint density at radius 3 is 2.37 bits per heavy atom. The summed E-state index contributed by atoms with van der Waals surface area (Å²) in [6, 6.07) is -0.0106. The monoisotopic (exact) mass is 270 g/mol. The van der Waals surface area contributed by atoms with Crippen molar-refractivity contribution in [3.05, 3.63) is 0 Å². The van der Waals surface area contributed by atoms with Gasteiger partial charge < -0.3 is 15.3 Å². The average molecular weight is 270 g/mol. The molecule has 0 bridgehead atoms. The van der Waals surface area contributed by atoms with Gasteiger partial charge in [0.15, 0.2) is 0 Å². The first-order valence-corrected chi connectivity index (χ1v) is 7.13. The van der Waals surface area contributed by atoms with Crippen molar-refractivity contribution in [1.82, 2.24) is 10.2 Å². The molecule has 1 fully saturated rings. The van der Waals surface area contributed by atoms with E-state index >= 15 is 0 Å². The number of amides is 2. The molecule has 110 valence electrons. The molecule has 2 unspecified atom stereocenters. The molecule has 0 aromatic rings. The van der Waals surface area contributed by atoms with Crippen LogP contribution in [0.25, 0.3) is 0 Å². The van der Waals surface area contributed by atoms with Crippen molar-refractivity contribution in [3.63, 3.8) is 0 Å². The van der Waals surface area contributed by atoms with E-state index < -0.39 is 11.4 Å². The van der Waals surface area contributed by atoms with Gasteiger partial charge in [-0.3, -0.25) is 4.79 Å². The lowest BCUT2D eigenvalue weighted by atomic mass is 9.90. The Morgan fingerprint density at radius 2 is 1.95 bits per heavy atom. The Balaban J connectivity index is 2.54. The predicted molar refractivity (Wildman–Crippen MR) is 74.0 cm³/mol. The molecule has 0 saturated carbocycles. The van der Waals surface area contributed by atoms with Crippen molar-refractivity contribution >= 4 is 12.0 Å². The van der Waals surface area contributed by atoms with Gasteiger partial charge in [0.05, 0.1) is 5.41 Å². The largest absolute Gasteiger partial charge is 0.481 e. The van der Waals surface area contributed by atoms with Crippen molar-refractivity contribution in [2.75, 3.05) is 13.1 Å². The van der Waals surface area contributed by atoms with E-state index in [9.17, 15) is 9.59 Å². The molecule has 2 atom stereocenters. The van der Waals surface area contributed by atoms with Crippen LogP contribution in [0.1, 0.15) is 47.0 Å². The molecule has 0 radical (unpaired) electrons. The smallest absolute Gasteiger partial charge is 0.317 e. The molecule has 2 amide bonds. The molecule has 5 nitrogen and oxygen atoms in total. The van der Waals surface area contributed by atoms with Gasteiger partial charge in [0.2, 0.25) is 0 Å². The highest BCUT2D eigenvalue weighted by Gasteiger charge is 2.42. The lowest BCUT2D eigenvalue weighted by Crippen LogP contribution is -2.46. The summed E-state index contributed by atoms with van der Waals surface area (Å²) in [5.74, 6) is -0.353. The Morgan fingerprint density at radius 1 is 1.37 bits per heavy atom. The SMILES string of the molecule is CCC(CC)C(C)NC(=O)N1CCC(C)(C(=O)O)C1. The number of rotatable bonds is 5. The van der Waals surface area contributed by atoms with Gasteiger partial charge in [-0.05, 0) is 26.2 Å². The lowest BCUT2D eigenvalue weighted by molar-refractivity contribution is -0.146. The number of hydrogen-bond acceptors (Lipinski definition) is 2. The summed E-state index contributed by atoms with van der Waals surface area (Å²) in [7, 11) is 0. The van der Waals surface area contributed by atoms with Crippen LogP contribution in [0.4, 0.5) is 4.79 Å².